The van der Waals surface area contributed by atoms with Crippen LogP contribution in [0.3, 0.4) is 0 Å². The van der Waals surface area contributed by atoms with Gasteiger partial charge in [0.05, 0.1) is 11.0 Å². The lowest BCUT2D eigenvalue weighted by Crippen LogP contribution is -2.22. The summed E-state index contributed by atoms with van der Waals surface area (Å²) in [5.74, 6) is 0.872. The predicted molar refractivity (Wildman–Crippen MR) is 100 cm³/mol. The second kappa shape index (κ2) is 8.47. The van der Waals surface area contributed by atoms with Gasteiger partial charge in [-0.15, -0.1) is 0 Å². The molecule has 6 heteroatoms. The van der Waals surface area contributed by atoms with E-state index in [1.807, 2.05) is 50.2 Å². The molecular weight excluding hydrogens is 336 g/mol. The highest BCUT2D eigenvalue weighted by atomic mass is 32.2. The van der Waals surface area contributed by atoms with E-state index in [-0.39, 0.29) is 6.10 Å². The Bertz CT molecular complexity index is 767. The Kier molecular flexibility index (Phi) is 6.58. The number of nitrogens with zero attached hydrogens (tertiary/aromatic N) is 1. The Labute approximate surface area is 150 Å². The Balaban J connectivity index is 1.88. The maximum atomic E-state index is 12.0. The van der Waals surface area contributed by atoms with Crippen LogP contribution in [0.15, 0.2) is 53.4 Å². The fraction of sp³-hybridized carbons (Fsp3) is 0.368. The van der Waals surface area contributed by atoms with E-state index >= 15 is 0 Å². The fourth-order valence-corrected chi connectivity index (χ4v) is 3.20. The van der Waals surface area contributed by atoms with E-state index in [1.165, 1.54) is 24.0 Å². The van der Waals surface area contributed by atoms with Gasteiger partial charge in [0.25, 0.3) is 0 Å². The lowest BCUT2D eigenvalue weighted by Gasteiger charge is -2.12. The molecule has 0 amide bonds. The normalized spacial score (nSPS) is 11.9. The third-order valence-electron chi connectivity index (χ3n) is 3.66. The summed E-state index contributed by atoms with van der Waals surface area (Å²) in [6.45, 7) is 5.42. The van der Waals surface area contributed by atoms with Gasteiger partial charge in [0.2, 0.25) is 10.0 Å². The summed E-state index contributed by atoms with van der Waals surface area (Å²) < 4.78 is 30.9. The van der Waals surface area contributed by atoms with Crippen molar-refractivity contribution >= 4 is 10.0 Å². The van der Waals surface area contributed by atoms with E-state index < -0.39 is 10.0 Å². The Morgan fingerprint density at radius 1 is 0.920 bits per heavy atom. The zero-order valence-corrected chi connectivity index (χ0v) is 16.0. The van der Waals surface area contributed by atoms with Crippen molar-refractivity contribution in [3.05, 3.63) is 59.7 Å². The summed E-state index contributed by atoms with van der Waals surface area (Å²) in [6, 6.07) is 15.0. The summed E-state index contributed by atoms with van der Waals surface area (Å²) in [5, 5.41) is 3.36. The molecule has 2 aromatic carbocycles. The van der Waals surface area contributed by atoms with E-state index in [1.54, 1.807) is 12.1 Å². The summed E-state index contributed by atoms with van der Waals surface area (Å²) in [7, 11) is -0.309. The standard InChI is InChI=1S/C19H26N2O3S/c1-15(2)24-18-9-5-16(6-10-18)13-20-14-17-7-11-19(12-8-17)25(22,23)21(3)4/h5-12,15,20H,13-14H2,1-4H3. The van der Waals surface area contributed by atoms with E-state index in [0.717, 1.165) is 17.9 Å². The van der Waals surface area contributed by atoms with Gasteiger partial charge in [-0.3, -0.25) is 0 Å². The highest BCUT2D eigenvalue weighted by Gasteiger charge is 2.16. The molecule has 0 spiro atoms. The largest absolute Gasteiger partial charge is 0.491 e. The summed E-state index contributed by atoms with van der Waals surface area (Å²) >= 11 is 0. The van der Waals surface area contributed by atoms with Crippen LogP contribution in [0.25, 0.3) is 0 Å². The summed E-state index contributed by atoms with van der Waals surface area (Å²) in [5.41, 5.74) is 2.21. The topological polar surface area (TPSA) is 58.6 Å². The van der Waals surface area contributed by atoms with Gasteiger partial charge in [0.15, 0.2) is 0 Å². The molecule has 0 radical (unpaired) electrons. The summed E-state index contributed by atoms with van der Waals surface area (Å²) in [4.78, 5) is 0.307. The molecule has 0 bridgehead atoms. The molecule has 0 aliphatic rings. The number of benzene rings is 2. The molecular formula is C19H26N2O3S. The zero-order valence-electron chi connectivity index (χ0n) is 15.2. The number of ether oxygens (including phenoxy) is 1. The highest BCUT2D eigenvalue weighted by Crippen LogP contribution is 2.15. The molecule has 0 saturated carbocycles. The van der Waals surface area contributed by atoms with Crippen molar-refractivity contribution in [1.29, 1.82) is 0 Å². The maximum absolute atomic E-state index is 12.0. The minimum atomic E-state index is -3.37. The van der Waals surface area contributed by atoms with Crippen molar-refractivity contribution < 1.29 is 13.2 Å². The number of hydrogen-bond donors (Lipinski definition) is 1. The first kappa shape index (κ1) is 19.4. The molecule has 1 N–H and O–H groups in total. The second-order valence-electron chi connectivity index (χ2n) is 6.35. The van der Waals surface area contributed by atoms with Gasteiger partial charge >= 0.3 is 0 Å². The molecule has 5 nitrogen and oxygen atoms in total. The van der Waals surface area contributed by atoms with Crippen LogP contribution in [0.1, 0.15) is 25.0 Å². The second-order valence-corrected chi connectivity index (χ2v) is 8.50. The lowest BCUT2D eigenvalue weighted by atomic mass is 10.2. The Morgan fingerprint density at radius 3 is 1.84 bits per heavy atom. The molecule has 2 aromatic rings. The van der Waals surface area contributed by atoms with Gasteiger partial charge < -0.3 is 10.1 Å². The molecule has 0 heterocycles. The molecule has 0 aromatic heterocycles. The van der Waals surface area contributed by atoms with E-state index in [0.29, 0.717) is 11.4 Å². The minimum absolute atomic E-state index is 0.170. The molecule has 0 aliphatic carbocycles. The number of nitrogens with one attached hydrogen (secondary N) is 1. The van der Waals surface area contributed by atoms with Gasteiger partial charge in [-0.2, -0.15) is 0 Å². The smallest absolute Gasteiger partial charge is 0.242 e. The molecule has 0 saturated heterocycles. The van der Waals surface area contributed by atoms with Crippen molar-refractivity contribution in [2.75, 3.05) is 14.1 Å². The van der Waals surface area contributed by atoms with Crippen LogP contribution in [-0.2, 0) is 23.1 Å². The van der Waals surface area contributed by atoms with Crippen LogP contribution >= 0.6 is 0 Å². The van der Waals surface area contributed by atoms with Crippen LogP contribution in [0.4, 0.5) is 0 Å². The van der Waals surface area contributed by atoms with Gasteiger partial charge in [0.1, 0.15) is 5.75 Å². The molecule has 25 heavy (non-hydrogen) atoms. The van der Waals surface area contributed by atoms with Crippen LogP contribution in [0.5, 0.6) is 5.75 Å². The molecule has 2 rings (SSSR count). The first-order valence-corrected chi connectivity index (χ1v) is 9.71. The molecule has 0 fully saturated rings. The molecule has 0 aliphatic heterocycles. The van der Waals surface area contributed by atoms with Crippen molar-refractivity contribution in [3.63, 3.8) is 0 Å². The van der Waals surface area contributed by atoms with Crippen molar-refractivity contribution in [2.24, 2.45) is 0 Å². The first-order chi connectivity index (χ1) is 11.8. The van der Waals surface area contributed by atoms with Gasteiger partial charge in [0, 0.05) is 27.2 Å². The van der Waals surface area contributed by atoms with Gasteiger partial charge in [-0.1, -0.05) is 24.3 Å². The first-order valence-electron chi connectivity index (χ1n) is 8.27. The average molecular weight is 362 g/mol. The highest BCUT2D eigenvalue weighted by molar-refractivity contribution is 7.89. The van der Waals surface area contributed by atoms with E-state index in [2.05, 4.69) is 5.32 Å². The van der Waals surface area contributed by atoms with E-state index in [9.17, 15) is 8.42 Å². The molecule has 0 atom stereocenters. The van der Waals surface area contributed by atoms with Crippen LogP contribution < -0.4 is 10.1 Å². The van der Waals surface area contributed by atoms with E-state index in [4.69, 9.17) is 4.74 Å². The predicted octanol–water partition coefficient (Wildman–Crippen LogP) is 3.01. The van der Waals surface area contributed by atoms with Crippen molar-refractivity contribution in [3.8, 4) is 5.75 Å². The molecule has 136 valence electrons. The number of rotatable bonds is 8. The third-order valence-corrected chi connectivity index (χ3v) is 5.48. The van der Waals surface area contributed by atoms with Crippen molar-refractivity contribution in [2.45, 2.75) is 37.9 Å². The number of hydrogen-bond acceptors (Lipinski definition) is 4. The van der Waals surface area contributed by atoms with Gasteiger partial charge in [-0.25, -0.2) is 12.7 Å². The maximum Gasteiger partial charge on any atom is 0.242 e. The monoisotopic (exact) mass is 362 g/mol. The average Bonchev–Trinajstić information content (AvgIpc) is 2.56. The summed E-state index contributed by atoms with van der Waals surface area (Å²) in [6.07, 6.45) is 0.170. The third kappa shape index (κ3) is 5.56. The molecule has 0 unspecified atom stereocenters. The quantitative estimate of drug-likeness (QED) is 0.784. The van der Waals surface area contributed by atoms with Crippen molar-refractivity contribution in [1.82, 2.24) is 9.62 Å². The minimum Gasteiger partial charge on any atom is -0.491 e. The van der Waals surface area contributed by atoms with Crippen LogP contribution in [0, 0.1) is 0 Å². The van der Waals surface area contributed by atoms with Crippen LogP contribution in [0.2, 0.25) is 0 Å². The number of sulfonamides is 1. The zero-order chi connectivity index (χ0) is 18.4. The Hall–Kier alpha value is -1.89. The SMILES string of the molecule is CC(C)Oc1ccc(CNCc2ccc(S(=O)(=O)N(C)C)cc2)cc1. The van der Waals surface area contributed by atoms with Gasteiger partial charge in [-0.05, 0) is 49.2 Å². The fourth-order valence-electron chi connectivity index (χ4n) is 2.30. The van der Waals surface area contributed by atoms with Crippen LogP contribution in [-0.4, -0.2) is 32.9 Å². The lowest BCUT2D eigenvalue weighted by molar-refractivity contribution is 0.242. The Morgan fingerprint density at radius 2 is 1.40 bits per heavy atom.